The Bertz CT molecular complexity index is 864. The lowest BCUT2D eigenvalue weighted by Crippen LogP contribution is -2.39. The Hall–Kier alpha value is -3.03. The molecular weight excluding hydrogens is 318 g/mol. The molecule has 3 aromatic heterocycles. The van der Waals surface area contributed by atoms with Gasteiger partial charge < -0.3 is 15.0 Å². The number of nitrogens with one attached hydrogen (secondary N) is 1. The second kappa shape index (κ2) is 6.84. The van der Waals surface area contributed by atoms with E-state index in [4.69, 9.17) is 4.74 Å². The number of pyridine rings is 1. The number of hydrogen-bond donors (Lipinski definition) is 1. The van der Waals surface area contributed by atoms with Crippen LogP contribution in [0.15, 0.2) is 36.9 Å². The molecule has 0 bridgehead atoms. The van der Waals surface area contributed by atoms with Gasteiger partial charge >= 0.3 is 0 Å². The summed E-state index contributed by atoms with van der Waals surface area (Å²) in [5.41, 5.74) is 1.51. The SMILES string of the molecule is COc1cc(NC2CCN(c3ccc4nccnc4n3)CC2)ncn1. The van der Waals surface area contributed by atoms with Gasteiger partial charge in [-0.15, -0.1) is 0 Å². The first-order valence-electron chi connectivity index (χ1n) is 8.27. The number of nitrogens with zero attached hydrogens (tertiary/aromatic N) is 6. The third kappa shape index (κ3) is 3.42. The molecule has 0 aliphatic carbocycles. The summed E-state index contributed by atoms with van der Waals surface area (Å²) in [7, 11) is 1.60. The van der Waals surface area contributed by atoms with Crippen LogP contribution < -0.4 is 15.0 Å². The van der Waals surface area contributed by atoms with Crippen molar-refractivity contribution in [3.63, 3.8) is 0 Å². The number of piperidine rings is 1. The summed E-state index contributed by atoms with van der Waals surface area (Å²) in [5.74, 6) is 2.32. The van der Waals surface area contributed by atoms with Crippen LogP contribution >= 0.6 is 0 Å². The van der Waals surface area contributed by atoms with Crippen molar-refractivity contribution < 1.29 is 4.74 Å². The molecule has 1 aliphatic rings. The summed E-state index contributed by atoms with van der Waals surface area (Å²) >= 11 is 0. The van der Waals surface area contributed by atoms with Gasteiger partial charge in [-0.25, -0.2) is 19.9 Å². The van der Waals surface area contributed by atoms with Gasteiger partial charge in [-0.1, -0.05) is 0 Å². The molecular formula is C17H19N7O. The van der Waals surface area contributed by atoms with E-state index < -0.39 is 0 Å². The van der Waals surface area contributed by atoms with E-state index in [9.17, 15) is 0 Å². The van der Waals surface area contributed by atoms with E-state index in [0.29, 0.717) is 17.6 Å². The first-order chi connectivity index (χ1) is 12.3. The van der Waals surface area contributed by atoms with Crippen LogP contribution in [0.5, 0.6) is 5.88 Å². The van der Waals surface area contributed by atoms with Crippen molar-refractivity contribution in [1.82, 2.24) is 24.9 Å². The van der Waals surface area contributed by atoms with Gasteiger partial charge in [0, 0.05) is 37.6 Å². The van der Waals surface area contributed by atoms with Crippen LogP contribution in [0, 0.1) is 0 Å². The minimum Gasteiger partial charge on any atom is -0.481 e. The quantitative estimate of drug-likeness (QED) is 0.772. The van der Waals surface area contributed by atoms with Crippen molar-refractivity contribution in [2.75, 3.05) is 30.4 Å². The molecule has 1 aliphatic heterocycles. The molecule has 0 spiro atoms. The zero-order chi connectivity index (χ0) is 17.1. The van der Waals surface area contributed by atoms with Crippen molar-refractivity contribution in [1.29, 1.82) is 0 Å². The third-order valence-electron chi connectivity index (χ3n) is 4.34. The van der Waals surface area contributed by atoms with E-state index >= 15 is 0 Å². The highest BCUT2D eigenvalue weighted by molar-refractivity contribution is 5.71. The largest absolute Gasteiger partial charge is 0.481 e. The van der Waals surface area contributed by atoms with Crippen LogP contribution in [0.4, 0.5) is 11.6 Å². The first-order valence-corrected chi connectivity index (χ1v) is 8.27. The second-order valence-electron chi connectivity index (χ2n) is 5.92. The van der Waals surface area contributed by atoms with Gasteiger partial charge in [0.15, 0.2) is 5.65 Å². The lowest BCUT2D eigenvalue weighted by molar-refractivity contribution is 0.397. The highest BCUT2D eigenvalue weighted by Gasteiger charge is 2.21. The third-order valence-corrected chi connectivity index (χ3v) is 4.34. The molecule has 0 radical (unpaired) electrons. The summed E-state index contributed by atoms with van der Waals surface area (Å²) in [6.45, 7) is 1.86. The molecule has 0 amide bonds. The summed E-state index contributed by atoms with van der Waals surface area (Å²) < 4.78 is 5.14. The molecule has 8 nitrogen and oxygen atoms in total. The molecule has 8 heteroatoms. The van der Waals surface area contributed by atoms with E-state index in [2.05, 4.69) is 35.1 Å². The Kier molecular flexibility index (Phi) is 4.24. The fourth-order valence-corrected chi connectivity index (χ4v) is 3.01. The fourth-order valence-electron chi connectivity index (χ4n) is 3.01. The normalized spacial score (nSPS) is 15.3. The average Bonchev–Trinajstić information content (AvgIpc) is 2.68. The summed E-state index contributed by atoms with van der Waals surface area (Å²) in [6, 6.07) is 6.18. The lowest BCUT2D eigenvalue weighted by Gasteiger charge is -2.33. The van der Waals surface area contributed by atoms with Gasteiger partial charge in [0.05, 0.1) is 7.11 Å². The van der Waals surface area contributed by atoms with Crippen LogP contribution in [0.2, 0.25) is 0 Å². The fraction of sp³-hybridized carbons (Fsp3) is 0.353. The second-order valence-corrected chi connectivity index (χ2v) is 5.92. The molecule has 4 heterocycles. The Labute approximate surface area is 145 Å². The Balaban J connectivity index is 1.40. The molecule has 0 aromatic carbocycles. The van der Waals surface area contributed by atoms with E-state index in [0.717, 1.165) is 43.1 Å². The summed E-state index contributed by atoms with van der Waals surface area (Å²) in [5, 5.41) is 3.46. The molecule has 3 aromatic rings. The van der Waals surface area contributed by atoms with Crippen LogP contribution in [0.25, 0.3) is 11.2 Å². The molecule has 4 rings (SSSR count). The highest BCUT2D eigenvalue weighted by atomic mass is 16.5. The number of anilines is 2. The van der Waals surface area contributed by atoms with Crippen LogP contribution in [-0.2, 0) is 0 Å². The number of hydrogen-bond acceptors (Lipinski definition) is 8. The highest BCUT2D eigenvalue weighted by Crippen LogP contribution is 2.22. The van der Waals surface area contributed by atoms with Crippen LogP contribution in [0.3, 0.4) is 0 Å². The monoisotopic (exact) mass is 337 g/mol. The minimum atomic E-state index is 0.371. The molecule has 0 saturated carbocycles. The number of fused-ring (bicyclic) bond motifs is 1. The van der Waals surface area contributed by atoms with Crippen molar-refractivity contribution in [3.8, 4) is 5.88 Å². The maximum atomic E-state index is 5.14. The molecule has 1 saturated heterocycles. The van der Waals surface area contributed by atoms with Gasteiger partial charge in [-0.05, 0) is 25.0 Å². The Morgan fingerprint density at radius 2 is 1.92 bits per heavy atom. The molecule has 0 unspecified atom stereocenters. The molecule has 128 valence electrons. The Morgan fingerprint density at radius 3 is 2.76 bits per heavy atom. The summed E-state index contributed by atoms with van der Waals surface area (Å²) in [4.78, 5) is 23.7. The van der Waals surface area contributed by atoms with Gasteiger partial charge in [-0.3, -0.25) is 4.98 Å². The van der Waals surface area contributed by atoms with Crippen LogP contribution in [0.1, 0.15) is 12.8 Å². The summed E-state index contributed by atoms with van der Waals surface area (Å²) in [6.07, 6.45) is 6.88. The number of rotatable bonds is 4. The van der Waals surface area contributed by atoms with Crippen molar-refractivity contribution in [3.05, 3.63) is 36.9 Å². The molecule has 1 fully saturated rings. The van der Waals surface area contributed by atoms with Gasteiger partial charge in [0.2, 0.25) is 5.88 Å². The van der Waals surface area contributed by atoms with Gasteiger partial charge in [0.25, 0.3) is 0 Å². The average molecular weight is 337 g/mol. The zero-order valence-corrected chi connectivity index (χ0v) is 14.0. The minimum absolute atomic E-state index is 0.371. The number of ether oxygens (including phenoxy) is 1. The number of aromatic nitrogens is 5. The number of methoxy groups -OCH3 is 1. The van der Waals surface area contributed by atoms with Crippen LogP contribution in [-0.4, -0.2) is 51.2 Å². The first kappa shape index (κ1) is 15.5. The van der Waals surface area contributed by atoms with E-state index in [1.165, 1.54) is 6.33 Å². The smallest absolute Gasteiger partial charge is 0.218 e. The van der Waals surface area contributed by atoms with Crippen molar-refractivity contribution in [2.45, 2.75) is 18.9 Å². The van der Waals surface area contributed by atoms with E-state index in [-0.39, 0.29) is 0 Å². The predicted molar refractivity (Wildman–Crippen MR) is 94.8 cm³/mol. The zero-order valence-electron chi connectivity index (χ0n) is 14.0. The van der Waals surface area contributed by atoms with Gasteiger partial charge in [-0.2, -0.15) is 0 Å². The maximum absolute atomic E-state index is 5.14. The molecule has 25 heavy (non-hydrogen) atoms. The van der Waals surface area contributed by atoms with Crippen molar-refractivity contribution in [2.24, 2.45) is 0 Å². The van der Waals surface area contributed by atoms with E-state index in [1.54, 1.807) is 19.5 Å². The predicted octanol–water partition coefficient (Wildman–Crippen LogP) is 1.90. The van der Waals surface area contributed by atoms with Gasteiger partial charge in [0.1, 0.15) is 23.5 Å². The lowest BCUT2D eigenvalue weighted by atomic mass is 10.1. The van der Waals surface area contributed by atoms with E-state index in [1.807, 2.05) is 18.2 Å². The maximum Gasteiger partial charge on any atom is 0.218 e. The Morgan fingerprint density at radius 1 is 1.08 bits per heavy atom. The molecule has 1 N–H and O–H groups in total. The molecule has 0 atom stereocenters. The van der Waals surface area contributed by atoms with Crippen molar-refractivity contribution >= 4 is 22.8 Å². The topological polar surface area (TPSA) is 89.0 Å². The standard InChI is InChI=1S/C17H19N7O/c1-25-16-10-14(20-11-21-16)22-12-4-8-24(9-5-12)15-3-2-13-17(23-15)19-7-6-18-13/h2-3,6-7,10-12H,4-5,8-9H2,1H3,(H,20,21,22).